The van der Waals surface area contributed by atoms with Gasteiger partial charge in [0, 0.05) is 6.92 Å². The van der Waals surface area contributed by atoms with Gasteiger partial charge in [0.1, 0.15) is 11.4 Å². The summed E-state index contributed by atoms with van der Waals surface area (Å²) in [5.41, 5.74) is 0.0305. The molecule has 92 valence electrons. The van der Waals surface area contributed by atoms with Crippen LogP contribution in [0.5, 0.6) is 5.75 Å². The highest BCUT2D eigenvalue weighted by atomic mass is 16.6. The third-order valence-corrected chi connectivity index (χ3v) is 1.75. The number of esters is 2. The molecule has 0 N–H and O–H groups in total. The van der Waals surface area contributed by atoms with Crippen LogP contribution in [0.1, 0.15) is 38.1 Å². The van der Waals surface area contributed by atoms with Gasteiger partial charge in [0.25, 0.3) is 0 Å². The highest BCUT2D eigenvalue weighted by Crippen LogP contribution is 2.18. The topological polar surface area (TPSA) is 52.6 Å². The lowest BCUT2D eigenvalue weighted by atomic mass is 10.1. The minimum absolute atomic E-state index is 0.290. The number of benzene rings is 1. The first-order valence-electron chi connectivity index (χ1n) is 5.30. The van der Waals surface area contributed by atoms with Crippen molar-refractivity contribution in [1.82, 2.24) is 0 Å². The fourth-order valence-corrected chi connectivity index (χ4v) is 1.20. The third kappa shape index (κ3) is 4.68. The van der Waals surface area contributed by atoms with E-state index in [2.05, 4.69) is 4.74 Å². The van der Waals surface area contributed by atoms with Crippen LogP contribution < -0.4 is 4.74 Å². The molecule has 0 saturated heterocycles. The molecule has 0 aliphatic carbocycles. The van der Waals surface area contributed by atoms with Gasteiger partial charge in [-0.1, -0.05) is 0 Å². The van der Waals surface area contributed by atoms with Gasteiger partial charge in [-0.3, -0.25) is 4.79 Å². The Labute approximate surface area is 101 Å². The van der Waals surface area contributed by atoms with Gasteiger partial charge in [-0.05, 0) is 45.0 Å². The van der Waals surface area contributed by atoms with Crippen molar-refractivity contribution in [3.05, 3.63) is 29.8 Å². The van der Waals surface area contributed by atoms with Crippen LogP contribution in [0, 0.1) is 0 Å². The summed E-state index contributed by atoms with van der Waals surface area (Å²) in [5, 5.41) is 0. The summed E-state index contributed by atoms with van der Waals surface area (Å²) >= 11 is 0. The maximum Gasteiger partial charge on any atom is 0.345 e. The van der Waals surface area contributed by atoms with Crippen LogP contribution in [0.2, 0.25) is 0 Å². The van der Waals surface area contributed by atoms with E-state index in [-0.39, 0.29) is 5.60 Å². The number of rotatable bonds is 2. The van der Waals surface area contributed by atoms with Crippen molar-refractivity contribution < 1.29 is 19.1 Å². The van der Waals surface area contributed by atoms with Gasteiger partial charge >= 0.3 is 11.9 Å². The van der Waals surface area contributed by atoms with E-state index in [9.17, 15) is 9.59 Å². The summed E-state index contributed by atoms with van der Waals surface area (Å²) < 4.78 is 10.1. The average molecular weight is 236 g/mol. The number of carbonyl (C=O) groups is 2. The number of hydrogen-bond acceptors (Lipinski definition) is 4. The minimum Gasteiger partial charge on any atom is -0.488 e. The second kappa shape index (κ2) is 4.99. The molecule has 1 aromatic rings. The first-order valence-corrected chi connectivity index (χ1v) is 5.30. The predicted molar refractivity (Wildman–Crippen MR) is 62.9 cm³/mol. The van der Waals surface area contributed by atoms with E-state index >= 15 is 0 Å². The van der Waals surface area contributed by atoms with E-state index in [1.54, 1.807) is 24.3 Å². The van der Waals surface area contributed by atoms with Crippen molar-refractivity contribution >= 4 is 11.9 Å². The zero-order chi connectivity index (χ0) is 13.1. The van der Waals surface area contributed by atoms with E-state index in [0.29, 0.717) is 11.3 Å². The highest BCUT2D eigenvalue weighted by Gasteiger charge is 2.13. The molecule has 0 atom stereocenters. The van der Waals surface area contributed by atoms with Crippen LogP contribution in [0.4, 0.5) is 0 Å². The van der Waals surface area contributed by atoms with Crippen molar-refractivity contribution in [2.45, 2.75) is 33.3 Å². The summed E-state index contributed by atoms with van der Waals surface area (Å²) in [6.07, 6.45) is 0. The monoisotopic (exact) mass is 236 g/mol. The maximum atomic E-state index is 11.4. The van der Waals surface area contributed by atoms with Gasteiger partial charge < -0.3 is 9.47 Å². The zero-order valence-corrected chi connectivity index (χ0v) is 10.4. The first-order chi connectivity index (χ1) is 7.78. The van der Waals surface area contributed by atoms with Crippen LogP contribution in [0.25, 0.3) is 0 Å². The second-order valence-electron chi connectivity index (χ2n) is 4.62. The van der Waals surface area contributed by atoms with Crippen LogP contribution in [0.3, 0.4) is 0 Å². The molecule has 4 heteroatoms. The number of carbonyl (C=O) groups excluding carboxylic acids is 2. The molecule has 0 heterocycles. The Hall–Kier alpha value is -1.84. The SMILES string of the molecule is CC(=O)OC(=O)c1ccc(OC(C)(C)C)cc1. The maximum absolute atomic E-state index is 11.4. The third-order valence-electron chi connectivity index (χ3n) is 1.75. The lowest BCUT2D eigenvalue weighted by molar-refractivity contribution is -0.135. The highest BCUT2D eigenvalue weighted by molar-refractivity contribution is 5.96. The molecule has 0 radical (unpaired) electrons. The molecule has 0 bridgehead atoms. The van der Waals surface area contributed by atoms with Crippen molar-refractivity contribution in [1.29, 1.82) is 0 Å². The largest absolute Gasteiger partial charge is 0.488 e. The number of ether oxygens (including phenoxy) is 2. The lowest BCUT2D eigenvalue weighted by Crippen LogP contribution is -2.22. The van der Waals surface area contributed by atoms with Gasteiger partial charge in [-0.15, -0.1) is 0 Å². The van der Waals surface area contributed by atoms with Crippen molar-refractivity contribution in [2.75, 3.05) is 0 Å². The Bertz CT molecular complexity index is 412. The van der Waals surface area contributed by atoms with Gasteiger partial charge in [-0.25, -0.2) is 4.79 Å². The van der Waals surface area contributed by atoms with E-state index in [1.807, 2.05) is 20.8 Å². The molecule has 0 aromatic heterocycles. The smallest absolute Gasteiger partial charge is 0.345 e. The Morgan fingerprint density at radius 2 is 1.59 bits per heavy atom. The van der Waals surface area contributed by atoms with Crippen LogP contribution in [0.15, 0.2) is 24.3 Å². The number of hydrogen-bond donors (Lipinski definition) is 0. The normalized spacial score (nSPS) is 10.8. The molecule has 1 aromatic carbocycles. The Morgan fingerprint density at radius 3 is 2.00 bits per heavy atom. The molecule has 0 saturated carbocycles. The fourth-order valence-electron chi connectivity index (χ4n) is 1.20. The second-order valence-corrected chi connectivity index (χ2v) is 4.62. The molecular formula is C13H16O4. The molecule has 0 fully saturated rings. The van der Waals surface area contributed by atoms with E-state index in [0.717, 1.165) is 0 Å². The molecule has 17 heavy (non-hydrogen) atoms. The fraction of sp³-hybridized carbons (Fsp3) is 0.385. The summed E-state index contributed by atoms with van der Waals surface area (Å²) in [6.45, 7) is 7.00. The molecule has 1 rings (SSSR count). The zero-order valence-electron chi connectivity index (χ0n) is 10.4. The Kier molecular flexibility index (Phi) is 3.89. The lowest BCUT2D eigenvalue weighted by Gasteiger charge is -2.21. The van der Waals surface area contributed by atoms with Gasteiger partial charge in [0.05, 0.1) is 5.56 Å². The van der Waals surface area contributed by atoms with Gasteiger partial charge in [-0.2, -0.15) is 0 Å². The van der Waals surface area contributed by atoms with E-state index in [4.69, 9.17) is 4.74 Å². The van der Waals surface area contributed by atoms with Gasteiger partial charge in [0.2, 0.25) is 0 Å². The molecule has 4 nitrogen and oxygen atoms in total. The quantitative estimate of drug-likeness (QED) is 0.585. The minimum atomic E-state index is -0.653. The molecular weight excluding hydrogens is 220 g/mol. The predicted octanol–water partition coefficient (Wildman–Crippen LogP) is 2.57. The van der Waals surface area contributed by atoms with Crippen molar-refractivity contribution in [3.63, 3.8) is 0 Å². The average Bonchev–Trinajstić information content (AvgIpc) is 2.15. The van der Waals surface area contributed by atoms with Crippen LogP contribution in [-0.4, -0.2) is 17.5 Å². The standard InChI is InChI=1S/C13H16O4/c1-9(14)16-12(15)10-5-7-11(8-6-10)17-13(2,3)4/h5-8H,1-4H3. The van der Waals surface area contributed by atoms with Gasteiger partial charge in [0.15, 0.2) is 0 Å². The summed E-state index contributed by atoms with van der Waals surface area (Å²) in [6, 6.07) is 6.46. The van der Waals surface area contributed by atoms with Crippen molar-refractivity contribution in [2.24, 2.45) is 0 Å². The summed E-state index contributed by atoms with van der Waals surface area (Å²) in [4.78, 5) is 22.0. The molecule has 0 aliphatic rings. The summed E-state index contributed by atoms with van der Waals surface area (Å²) in [5.74, 6) is -0.610. The van der Waals surface area contributed by atoms with Crippen LogP contribution in [-0.2, 0) is 9.53 Å². The first kappa shape index (κ1) is 13.2. The van der Waals surface area contributed by atoms with Crippen LogP contribution >= 0.6 is 0 Å². The molecule has 0 amide bonds. The Balaban J connectivity index is 2.74. The van der Waals surface area contributed by atoms with E-state index < -0.39 is 11.9 Å². The Morgan fingerprint density at radius 1 is 1.06 bits per heavy atom. The molecule has 0 unspecified atom stereocenters. The molecule has 0 aliphatic heterocycles. The summed E-state index contributed by atoms with van der Waals surface area (Å²) in [7, 11) is 0. The molecule has 0 spiro atoms. The van der Waals surface area contributed by atoms with E-state index in [1.165, 1.54) is 6.92 Å². The van der Waals surface area contributed by atoms with Crippen molar-refractivity contribution in [3.8, 4) is 5.75 Å².